The molecular formula is C25H36O17. The van der Waals surface area contributed by atoms with Crippen molar-refractivity contribution in [3.63, 3.8) is 0 Å². The maximum Gasteiger partial charge on any atom is 0.352 e. The molecule has 17 heteroatoms. The van der Waals surface area contributed by atoms with Crippen molar-refractivity contribution in [2.45, 2.75) is 81.0 Å². The van der Waals surface area contributed by atoms with Gasteiger partial charge in [0.25, 0.3) is 0 Å². The molecule has 0 radical (unpaired) electrons. The zero-order valence-electron chi connectivity index (χ0n) is 23.3. The molecule has 42 heavy (non-hydrogen) atoms. The average molecular weight is 609 g/mol. The van der Waals surface area contributed by atoms with E-state index >= 15 is 0 Å². The topological polar surface area (TPSA) is 268 Å². The highest BCUT2D eigenvalue weighted by atomic mass is 16.9. The summed E-state index contributed by atoms with van der Waals surface area (Å²) in [5.74, 6) is -23.0. The van der Waals surface area contributed by atoms with Crippen LogP contribution in [0.15, 0.2) is 36.5 Å². The van der Waals surface area contributed by atoms with E-state index in [4.69, 9.17) is 28.4 Å². The smallest absolute Gasteiger partial charge is 0.352 e. The van der Waals surface area contributed by atoms with Crippen molar-refractivity contribution in [2.75, 3.05) is 19.8 Å². The minimum Gasteiger partial charge on any atom is -0.419 e. The minimum atomic E-state index is -4.22. The van der Waals surface area contributed by atoms with E-state index in [-0.39, 0.29) is 0 Å². The van der Waals surface area contributed by atoms with Gasteiger partial charge in [-0.1, -0.05) is 19.7 Å². The molecule has 0 aromatic carbocycles. The molecule has 0 spiro atoms. The number of hydrogen-bond acceptors (Lipinski definition) is 17. The van der Waals surface area contributed by atoms with Gasteiger partial charge < -0.3 is 69.3 Å². The second-order valence-electron chi connectivity index (χ2n) is 10.1. The van der Waals surface area contributed by atoms with E-state index in [0.29, 0.717) is 6.92 Å². The van der Waals surface area contributed by atoms with Gasteiger partial charge in [-0.25, -0.2) is 14.4 Å². The number of aliphatic hydroxyl groups is 8. The summed E-state index contributed by atoms with van der Waals surface area (Å²) in [7, 11) is 0. The molecule has 2 saturated heterocycles. The van der Waals surface area contributed by atoms with Gasteiger partial charge in [0.1, 0.15) is 24.9 Å². The quantitative estimate of drug-likeness (QED) is 0.0486. The normalized spacial score (nSPS) is 39.7. The maximum absolute atomic E-state index is 12.8. The standard InChI is InChI=1S/C25H36O17/c1-11(2)18(31)39-23(34)15(9-27)38-21(7,42-22(10-28)17(30)16(29)14(8-26)37-22)24(35,40-19(32)12(3)4)25(23,36)41-20(33)13(5)6/h14-17,26-30,34-36H,1,3,5,8-10H2,2,4,6-7H3/t14-,15-,16-,17+,21+,22?,23+,24-,25-/m1/s1. The Morgan fingerprint density at radius 3 is 1.60 bits per heavy atom. The van der Waals surface area contributed by atoms with Crippen LogP contribution in [0.3, 0.4) is 0 Å². The third-order valence-corrected chi connectivity index (χ3v) is 6.58. The SMILES string of the molecule is C=C(C)C(=O)O[C@@]1(O)[C@](O)(OC(=O)C(=C)C)[C@](C)(OC2(CO)O[C@H](CO)[C@@H](O)[C@@H]2O)O[C@H](CO)[C@]1(O)OC(=O)C(=C)C. The first-order valence-electron chi connectivity index (χ1n) is 12.2. The Morgan fingerprint density at radius 2 is 1.21 bits per heavy atom. The third kappa shape index (κ3) is 5.49. The van der Waals surface area contributed by atoms with Crippen LogP contribution in [0.25, 0.3) is 0 Å². The lowest BCUT2D eigenvalue weighted by Gasteiger charge is -2.60. The van der Waals surface area contributed by atoms with Gasteiger partial charge in [-0.2, -0.15) is 0 Å². The first-order chi connectivity index (χ1) is 19.2. The van der Waals surface area contributed by atoms with Crippen LogP contribution in [0.1, 0.15) is 27.7 Å². The van der Waals surface area contributed by atoms with Gasteiger partial charge in [0, 0.05) is 16.7 Å². The molecule has 2 rings (SSSR count). The van der Waals surface area contributed by atoms with Gasteiger partial charge in [0.05, 0.1) is 13.2 Å². The Bertz CT molecular complexity index is 1140. The third-order valence-electron chi connectivity index (χ3n) is 6.58. The first kappa shape index (κ1) is 35.4. The molecule has 0 amide bonds. The fraction of sp³-hybridized carbons (Fsp3) is 0.640. The summed E-state index contributed by atoms with van der Waals surface area (Å²) in [5.41, 5.74) is -1.39. The molecule has 2 fully saturated rings. The zero-order chi connectivity index (χ0) is 32.6. The Hall–Kier alpha value is -2.81. The molecular weight excluding hydrogens is 572 g/mol. The molecule has 0 aromatic rings. The summed E-state index contributed by atoms with van der Waals surface area (Å²) in [4.78, 5) is 38.1. The van der Waals surface area contributed by atoms with Gasteiger partial charge in [0.15, 0.2) is 6.10 Å². The highest BCUT2D eigenvalue weighted by Gasteiger charge is 2.85. The number of aliphatic hydroxyl groups excluding tert-OH is 5. The van der Waals surface area contributed by atoms with E-state index in [9.17, 15) is 55.2 Å². The predicted octanol–water partition coefficient (Wildman–Crippen LogP) is -3.66. The van der Waals surface area contributed by atoms with Crippen molar-refractivity contribution in [2.24, 2.45) is 0 Å². The van der Waals surface area contributed by atoms with Crippen molar-refractivity contribution in [3.05, 3.63) is 36.5 Å². The van der Waals surface area contributed by atoms with Gasteiger partial charge in [-0.05, 0) is 27.7 Å². The number of carbonyl (C=O) groups is 3. The van der Waals surface area contributed by atoms with Crippen LogP contribution in [0.5, 0.6) is 0 Å². The zero-order valence-corrected chi connectivity index (χ0v) is 23.3. The first-order valence-corrected chi connectivity index (χ1v) is 12.2. The molecule has 8 N–H and O–H groups in total. The van der Waals surface area contributed by atoms with Crippen LogP contribution >= 0.6 is 0 Å². The molecule has 17 nitrogen and oxygen atoms in total. The molecule has 2 aliphatic heterocycles. The van der Waals surface area contributed by atoms with Crippen molar-refractivity contribution < 1.29 is 83.7 Å². The van der Waals surface area contributed by atoms with E-state index in [1.54, 1.807) is 0 Å². The Kier molecular flexibility index (Phi) is 10.2. The second-order valence-corrected chi connectivity index (χ2v) is 10.1. The monoisotopic (exact) mass is 608 g/mol. The van der Waals surface area contributed by atoms with E-state index in [1.807, 2.05) is 0 Å². The summed E-state index contributed by atoms with van der Waals surface area (Å²) in [6, 6.07) is 0. The van der Waals surface area contributed by atoms with Crippen molar-refractivity contribution >= 4 is 17.9 Å². The predicted molar refractivity (Wildman–Crippen MR) is 133 cm³/mol. The number of esters is 3. The lowest BCUT2D eigenvalue weighted by Crippen LogP contribution is -2.87. The largest absolute Gasteiger partial charge is 0.419 e. The minimum absolute atomic E-state index is 0.425. The average Bonchev–Trinajstić information content (AvgIpc) is 3.14. The number of carbonyl (C=O) groups excluding carboxylic acids is 3. The van der Waals surface area contributed by atoms with Crippen LogP contribution in [0.4, 0.5) is 0 Å². The van der Waals surface area contributed by atoms with Gasteiger partial charge >= 0.3 is 35.3 Å². The van der Waals surface area contributed by atoms with E-state index in [0.717, 1.165) is 20.8 Å². The fourth-order valence-electron chi connectivity index (χ4n) is 4.15. The Labute approximate surface area is 239 Å². The molecule has 0 bridgehead atoms. The Morgan fingerprint density at radius 1 is 0.762 bits per heavy atom. The molecule has 238 valence electrons. The lowest BCUT2D eigenvalue weighted by atomic mass is 9.82. The van der Waals surface area contributed by atoms with Crippen LogP contribution in [-0.4, -0.2) is 132 Å². The molecule has 0 saturated carbocycles. The molecule has 9 atom stereocenters. The summed E-state index contributed by atoms with van der Waals surface area (Å²) < 4.78 is 31.2. The van der Waals surface area contributed by atoms with Crippen LogP contribution < -0.4 is 0 Å². The van der Waals surface area contributed by atoms with Crippen molar-refractivity contribution in [1.29, 1.82) is 0 Å². The number of rotatable bonds is 11. The molecule has 1 unspecified atom stereocenters. The Balaban J connectivity index is 2.97. The van der Waals surface area contributed by atoms with Gasteiger partial charge in [0.2, 0.25) is 11.6 Å². The second kappa shape index (κ2) is 12.1. The van der Waals surface area contributed by atoms with E-state index < -0.39 is 108 Å². The summed E-state index contributed by atoms with van der Waals surface area (Å²) in [5, 5.41) is 86.4. The highest BCUT2D eigenvalue weighted by Crippen LogP contribution is 2.54. The summed E-state index contributed by atoms with van der Waals surface area (Å²) >= 11 is 0. The maximum atomic E-state index is 12.8. The number of ether oxygens (including phenoxy) is 6. The van der Waals surface area contributed by atoms with Crippen LogP contribution in [-0.2, 0) is 42.8 Å². The molecule has 2 aliphatic rings. The van der Waals surface area contributed by atoms with E-state index in [2.05, 4.69) is 19.7 Å². The molecule has 0 aromatic heterocycles. The van der Waals surface area contributed by atoms with E-state index in [1.165, 1.54) is 0 Å². The van der Waals surface area contributed by atoms with Crippen molar-refractivity contribution in [3.8, 4) is 0 Å². The highest BCUT2D eigenvalue weighted by molar-refractivity contribution is 5.89. The molecule has 0 aliphatic carbocycles. The van der Waals surface area contributed by atoms with Crippen molar-refractivity contribution in [1.82, 2.24) is 0 Å². The summed E-state index contributed by atoms with van der Waals surface area (Å²) in [6.07, 6.45) is -8.28. The number of hydrogen-bond donors (Lipinski definition) is 8. The lowest BCUT2D eigenvalue weighted by molar-refractivity contribution is -0.573. The van der Waals surface area contributed by atoms with Crippen LogP contribution in [0, 0.1) is 0 Å². The molecule has 2 heterocycles. The summed E-state index contributed by atoms with van der Waals surface area (Å²) in [6.45, 7) is 10.0. The van der Waals surface area contributed by atoms with Crippen LogP contribution in [0.2, 0.25) is 0 Å². The van der Waals surface area contributed by atoms with Gasteiger partial charge in [-0.15, -0.1) is 0 Å². The fourth-order valence-corrected chi connectivity index (χ4v) is 4.15. The van der Waals surface area contributed by atoms with Gasteiger partial charge in [-0.3, -0.25) is 0 Å².